The minimum absolute atomic E-state index is 0.101. The Morgan fingerprint density at radius 2 is 1.79 bits per heavy atom. The van der Waals surface area contributed by atoms with Gasteiger partial charge in [-0.05, 0) is 79.1 Å². The number of phenolic OH excluding ortho intramolecular Hbond substituents is 1. The van der Waals surface area contributed by atoms with Crippen molar-refractivity contribution in [1.82, 2.24) is 4.90 Å². The number of aromatic hydroxyl groups is 1. The zero-order valence-electron chi connectivity index (χ0n) is 21.3. The number of carbonyl (C=O) groups is 3. The Morgan fingerprint density at radius 1 is 1.05 bits per heavy atom. The highest BCUT2D eigenvalue weighted by molar-refractivity contribution is 6.22. The topological polar surface area (TPSA) is 161 Å². The summed E-state index contributed by atoms with van der Waals surface area (Å²) in [6.45, 7) is 2.97. The van der Waals surface area contributed by atoms with Gasteiger partial charge in [-0.15, -0.1) is 0 Å². The van der Waals surface area contributed by atoms with Crippen molar-refractivity contribution in [2.24, 2.45) is 17.6 Å². The molecule has 202 valence electrons. The molecule has 1 heterocycles. The number of benzene rings is 2. The summed E-state index contributed by atoms with van der Waals surface area (Å²) in [6.07, 6.45) is 2.42. The molecule has 2 aromatic rings. The molecule has 39 heavy (non-hydrogen) atoms. The largest absolute Gasteiger partial charge is 0.508 e. The molecule has 0 bridgehead atoms. The van der Waals surface area contributed by atoms with Crippen molar-refractivity contribution in [3.05, 3.63) is 70.0 Å². The minimum atomic E-state index is -2.56. The van der Waals surface area contributed by atoms with E-state index in [9.17, 15) is 34.8 Å². The van der Waals surface area contributed by atoms with Gasteiger partial charge < -0.3 is 26.2 Å². The first-order chi connectivity index (χ1) is 18.6. The molecule has 2 fully saturated rings. The lowest BCUT2D eigenvalue weighted by Gasteiger charge is -2.46. The average molecular weight is 531 g/mol. The van der Waals surface area contributed by atoms with Gasteiger partial charge in [0, 0.05) is 24.5 Å². The summed E-state index contributed by atoms with van der Waals surface area (Å²) in [5.41, 5.74) is 5.39. The molecule has 1 amide bonds. The Morgan fingerprint density at radius 3 is 2.51 bits per heavy atom. The molecular weight excluding hydrogens is 500 g/mol. The predicted octanol–water partition coefficient (Wildman–Crippen LogP) is 2.69. The van der Waals surface area contributed by atoms with Crippen molar-refractivity contribution in [3.8, 4) is 16.9 Å². The molecule has 0 radical (unpaired) electrons. The Hall–Kier alpha value is -3.95. The molecule has 9 heteroatoms. The number of nitrogens with two attached hydrogens (primary N) is 1. The van der Waals surface area contributed by atoms with Crippen molar-refractivity contribution in [1.29, 1.82) is 0 Å². The van der Waals surface area contributed by atoms with Crippen LogP contribution in [0.25, 0.3) is 16.9 Å². The molecule has 1 aliphatic heterocycles. The number of aliphatic hydroxyl groups is 3. The third kappa shape index (κ3) is 3.79. The molecule has 6 rings (SSSR count). The number of Topliss-reactive ketones (excluding diaryl/α,β-unsaturated/α-hetero) is 2. The number of fused-ring (bicyclic) bond motifs is 3. The van der Waals surface area contributed by atoms with E-state index in [4.69, 9.17) is 5.73 Å². The zero-order chi connectivity index (χ0) is 27.6. The van der Waals surface area contributed by atoms with Crippen molar-refractivity contribution < 1.29 is 34.8 Å². The van der Waals surface area contributed by atoms with E-state index in [-0.39, 0.29) is 36.1 Å². The third-order valence-electron chi connectivity index (χ3n) is 8.79. The molecule has 2 aromatic carbocycles. The van der Waals surface area contributed by atoms with E-state index in [1.54, 1.807) is 6.07 Å². The normalized spacial score (nSPS) is 26.9. The van der Waals surface area contributed by atoms with Crippen LogP contribution in [-0.4, -0.2) is 61.5 Å². The van der Waals surface area contributed by atoms with Gasteiger partial charge in [0.15, 0.2) is 11.4 Å². The van der Waals surface area contributed by atoms with Crippen LogP contribution in [-0.2, 0) is 27.3 Å². The second-order valence-electron chi connectivity index (χ2n) is 11.1. The summed E-state index contributed by atoms with van der Waals surface area (Å²) < 4.78 is 0. The molecule has 1 saturated heterocycles. The standard InChI is InChI=1S/C30H30N2O7/c31-29(38)25-22(34)13-18-11-17-12-20-19(16-5-3-4-15(10-16)14-32-8-1-2-9-32)6-7-21(33)24(20)26(35)23(17)27(36)30(18,39)28(25)37/h3-7,10,17-18,33,35,37,39H,1-2,8-9,11-14H2,(H2,31,38)/t17-,18+,30+/m1/s1. The maximum absolute atomic E-state index is 13.7. The fourth-order valence-corrected chi connectivity index (χ4v) is 6.93. The van der Waals surface area contributed by atoms with Crippen molar-refractivity contribution in [2.75, 3.05) is 13.1 Å². The van der Waals surface area contributed by atoms with E-state index in [0.29, 0.717) is 5.56 Å². The van der Waals surface area contributed by atoms with E-state index in [0.717, 1.165) is 36.3 Å². The van der Waals surface area contributed by atoms with Crippen LogP contribution in [0.15, 0.2) is 53.3 Å². The Labute approximate surface area is 224 Å². The lowest BCUT2D eigenvalue weighted by Crippen LogP contribution is -2.58. The zero-order valence-corrected chi connectivity index (χ0v) is 21.3. The minimum Gasteiger partial charge on any atom is -0.508 e. The summed E-state index contributed by atoms with van der Waals surface area (Å²) in [7, 11) is 0. The van der Waals surface area contributed by atoms with E-state index in [1.807, 2.05) is 12.1 Å². The van der Waals surface area contributed by atoms with Gasteiger partial charge in [-0.1, -0.05) is 24.3 Å². The second kappa shape index (κ2) is 9.07. The van der Waals surface area contributed by atoms with Gasteiger partial charge in [0.2, 0.25) is 5.78 Å². The first-order valence-corrected chi connectivity index (χ1v) is 13.2. The molecule has 0 unspecified atom stereocenters. The first kappa shape index (κ1) is 25.3. The summed E-state index contributed by atoms with van der Waals surface area (Å²) in [6, 6.07) is 11.4. The van der Waals surface area contributed by atoms with Crippen LogP contribution in [0, 0.1) is 11.8 Å². The number of hydrogen-bond donors (Lipinski definition) is 5. The molecule has 1 saturated carbocycles. The fourth-order valence-electron chi connectivity index (χ4n) is 6.93. The highest BCUT2D eigenvalue weighted by atomic mass is 16.3. The highest BCUT2D eigenvalue weighted by Gasteiger charge is 2.60. The molecule has 9 nitrogen and oxygen atoms in total. The average Bonchev–Trinajstić information content (AvgIpc) is 3.39. The number of carbonyl (C=O) groups excluding carboxylic acids is 3. The number of aliphatic hydroxyl groups excluding tert-OH is 2. The van der Waals surface area contributed by atoms with E-state index >= 15 is 0 Å². The smallest absolute Gasteiger partial charge is 0.255 e. The predicted molar refractivity (Wildman–Crippen MR) is 141 cm³/mol. The van der Waals surface area contributed by atoms with E-state index in [1.165, 1.54) is 18.9 Å². The van der Waals surface area contributed by atoms with Crippen LogP contribution < -0.4 is 5.73 Å². The number of nitrogens with zero attached hydrogens (tertiary/aromatic N) is 1. The van der Waals surface area contributed by atoms with E-state index < -0.39 is 52.0 Å². The van der Waals surface area contributed by atoms with Crippen molar-refractivity contribution in [2.45, 2.75) is 44.2 Å². The highest BCUT2D eigenvalue weighted by Crippen LogP contribution is 2.53. The number of amides is 1. The molecular formula is C30H30N2O7. The molecule has 0 aromatic heterocycles. The van der Waals surface area contributed by atoms with Gasteiger partial charge >= 0.3 is 0 Å². The number of likely N-dealkylation sites (tertiary alicyclic amines) is 1. The molecule has 0 spiro atoms. The Bertz CT molecular complexity index is 1500. The van der Waals surface area contributed by atoms with Crippen LogP contribution in [0.3, 0.4) is 0 Å². The summed E-state index contributed by atoms with van der Waals surface area (Å²) in [4.78, 5) is 40.5. The number of ketones is 2. The lowest BCUT2D eigenvalue weighted by molar-refractivity contribution is -0.147. The number of phenols is 1. The quantitative estimate of drug-likeness (QED) is 0.377. The van der Waals surface area contributed by atoms with Crippen LogP contribution in [0.1, 0.15) is 42.4 Å². The van der Waals surface area contributed by atoms with Gasteiger partial charge in [0.25, 0.3) is 5.91 Å². The molecule has 3 aliphatic carbocycles. The van der Waals surface area contributed by atoms with Crippen LogP contribution >= 0.6 is 0 Å². The van der Waals surface area contributed by atoms with E-state index in [2.05, 4.69) is 17.0 Å². The number of primary amides is 1. The van der Waals surface area contributed by atoms with Gasteiger partial charge in [-0.25, -0.2) is 0 Å². The first-order valence-electron chi connectivity index (χ1n) is 13.2. The maximum Gasteiger partial charge on any atom is 0.255 e. The summed E-state index contributed by atoms with van der Waals surface area (Å²) in [5.74, 6) is -6.29. The molecule has 4 aliphatic rings. The van der Waals surface area contributed by atoms with Crippen molar-refractivity contribution in [3.63, 3.8) is 0 Å². The molecule has 3 atom stereocenters. The van der Waals surface area contributed by atoms with Gasteiger partial charge in [-0.3, -0.25) is 19.3 Å². The van der Waals surface area contributed by atoms with Gasteiger partial charge in [-0.2, -0.15) is 0 Å². The third-order valence-corrected chi connectivity index (χ3v) is 8.79. The lowest BCUT2D eigenvalue weighted by atomic mass is 9.59. The van der Waals surface area contributed by atoms with Gasteiger partial charge in [0.05, 0.1) is 5.56 Å². The van der Waals surface area contributed by atoms with Crippen LogP contribution in [0.4, 0.5) is 0 Å². The summed E-state index contributed by atoms with van der Waals surface area (Å²) >= 11 is 0. The Kier molecular flexibility index (Phi) is 5.89. The SMILES string of the molecule is NC(=O)C1=C(O)[C@@]2(O)C(=O)C3=C(O)c4c(O)ccc(-c5cccc(CN6CCCC6)c5)c4C[C@H]3C[C@H]2CC1=O. The Balaban J connectivity index is 1.45. The monoisotopic (exact) mass is 530 g/mol. The molecule has 6 N–H and O–H groups in total. The van der Waals surface area contributed by atoms with Crippen LogP contribution in [0.5, 0.6) is 5.75 Å². The van der Waals surface area contributed by atoms with Gasteiger partial charge in [0.1, 0.15) is 22.8 Å². The van der Waals surface area contributed by atoms with Crippen molar-refractivity contribution >= 4 is 23.2 Å². The maximum atomic E-state index is 13.7. The summed E-state index contributed by atoms with van der Waals surface area (Å²) in [5, 5.41) is 44.2. The number of hydrogen-bond acceptors (Lipinski definition) is 8. The second-order valence-corrected chi connectivity index (χ2v) is 11.1. The number of rotatable bonds is 4. The van der Waals surface area contributed by atoms with Crippen LogP contribution in [0.2, 0.25) is 0 Å². The fraction of sp³-hybridized carbons (Fsp3) is 0.367.